The molecule has 2 heteroatoms. The number of Topliss-reactive ketones (excluding diaryl/α,β-unsaturated/α-hetero) is 1. The molecular weight excluding hydrogens is 260 g/mol. The van der Waals surface area contributed by atoms with Crippen molar-refractivity contribution < 1.29 is 9.90 Å². The highest BCUT2D eigenvalue weighted by Gasteiger charge is 2.64. The van der Waals surface area contributed by atoms with Crippen molar-refractivity contribution in [2.75, 3.05) is 0 Å². The summed E-state index contributed by atoms with van der Waals surface area (Å²) in [6, 6.07) is 0. The van der Waals surface area contributed by atoms with E-state index in [1.165, 1.54) is 5.57 Å². The summed E-state index contributed by atoms with van der Waals surface area (Å²) in [4.78, 5) is 12.8. The first-order valence-corrected chi connectivity index (χ1v) is 8.43. The number of ketones is 1. The Labute approximate surface area is 128 Å². The smallest absolute Gasteiger partial charge is 0.160 e. The van der Waals surface area contributed by atoms with Gasteiger partial charge in [-0.25, -0.2) is 0 Å². The summed E-state index contributed by atoms with van der Waals surface area (Å²) < 4.78 is 0. The average Bonchev–Trinajstić information content (AvgIpc) is 2.55. The van der Waals surface area contributed by atoms with Crippen LogP contribution in [0, 0.1) is 23.2 Å². The lowest BCUT2D eigenvalue weighted by molar-refractivity contribution is -0.150. The molecule has 21 heavy (non-hydrogen) atoms. The summed E-state index contributed by atoms with van der Waals surface area (Å²) in [6.45, 7) is 8.64. The molecule has 0 spiro atoms. The van der Waals surface area contributed by atoms with Crippen LogP contribution in [0.1, 0.15) is 59.8 Å². The van der Waals surface area contributed by atoms with Crippen LogP contribution in [-0.4, -0.2) is 16.5 Å². The van der Waals surface area contributed by atoms with Crippen LogP contribution in [0.15, 0.2) is 23.3 Å². The van der Waals surface area contributed by atoms with E-state index in [0.717, 1.165) is 31.3 Å². The summed E-state index contributed by atoms with van der Waals surface area (Å²) in [7, 11) is 0. The molecule has 0 heterocycles. The Morgan fingerprint density at radius 3 is 2.76 bits per heavy atom. The van der Waals surface area contributed by atoms with E-state index < -0.39 is 5.60 Å². The summed E-state index contributed by atoms with van der Waals surface area (Å²) in [5.41, 5.74) is 1.10. The SMILES string of the molecule is CC1=C2C(=O)C[C@@]3(C)CC[C@H](C(C)C)[C@@]3(O)[C@@H]2C=CCC1. The van der Waals surface area contributed by atoms with Crippen molar-refractivity contribution in [1.82, 2.24) is 0 Å². The van der Waals surface area contributed by atoms with E-state index >= 15 is 0 Å². The minimum atomic E-state index is -0.757. The molecule has 0 aromatic rings. The Bertz CT molecular complexity index is 528. The topological polar surface area (TPSA) is 37.3 Å². The maximum absolute atomic E-state index is 12.8. The number of hydrogen-bond donors (Lipinski definition) is 1. The van der Waals surface area contributed by atoms with Gasteiger partial charge in [-0.3, -0.25) is 4.79 Å². The van der Waals surface area contributed by atoms with Crippen molar-refractivity contribution in [2.45, 2.75) is 65.4 Å². The van der Waals surface area contributed by atoms with Gasteiger partial charge in [0.05, 0.1) is 5.60 Å². The van der Waals surface area contributed by atoms with Crippen LogP contribution in [0.25, 0.3) is 0 Å². The predicted molar refractivity (Wildman–Crippen MR) is 84.8 cm³/mol. The van der Waals surface area contributed by atoms with Crippen LogP contribution < -0.4 is 0 Å². The quantitative estimate of drug-likeness (QED) is 0.739. The Kier molecular flexibility index (Phi) is 3.44. The highest BCUT2D eigenvalue weighted by Crippen LogP contribution is 2.62. The molecule has 4 atom stereocenters. The van der Waals surface area contributed by atoms with E-state index in [9.17, 15) is 9.90 Å². The second kappa shape index (κ2) is 4.81. The molecule has 116 valence electrons. The summed E-state index contributed by atoms with van der Waals surface area (Å²) >= 11 is 0. The monoisotopic (exact) mass is 288 g/mol. The summed E-state index contributed by atoms with van der Waals surface area (Å²) in [6.07, 6.45) is 8.77. The third-order valence-corrected chi connectivity index (χ3v) is 6.45. The van der Waals surface area contributed by atoms with Gasteiger partial charge in [-0.1, -0.05) is 38.5 Å². The molecule has 1 N–H and O–H groups in total. The van der Waals surface area contributed by atoms with Crippen LogP contribution in [0.4, 0.5) is 0 Å². The molecule has 0 amide bonds. The molecule has 0 radical (unpaired) electrons. The van der Waals surface area contributed by atoms with Crippen LogP contribution in [0.5, 0.6) is 0 Å². The highest BCUT2D eigenvalue weighted by atomic mass is 16.3. The number of rotatable bonds is 1. The van der Waals surface area contributed by atoms with Gasteiger partial charge in [-0.05, 0) is 44.4 Å². The molecule has 0 aromatic heterocycles. The van der Waals surface area contributed by atoms with Gasteiger partial charge < -0.3 is 5.11 Å². The van der Waals surface area contributed by atoms with Crippen LogP contribution in [0.2, 0.25) is 0 Å². The summed E-state index contributed by atoms with van der Waals surface area (Å²) in [5.74, 6) is 0.913. The van der Waals surface area contributed by atoms with Gasteiger partial charge in [0, 0.05) is 23.3 Å². The first kappa shape index (κ1) is 15.0. The second-order valence-electron chi connectivity index (χ2n) is 8.01. The minimum Gasteiger partial charge on any atom is -0.388 e. The van der Waals surface area contributed by atoms with E-state index in [1.807, 2.05) is 0 Å². The standard InChI is InChI=1S/C19H28O2/c1-12(2)14-9-10-18(4)11-16(20)17-13(3)7-5-6-8-15(17)19(14,18)21/h6,8,12,14-15,21H,5,7,9-11H2,1-4H3/t14-,15-,18-,19-/m1/s1. The number of hydrogen-bond acceptors (Lipinski definition) is 2. The predicted octanol–water partition coefficient (Wildman–Crippen LogP) is 4.05. The molecule has 3 aliphatic rings. The fourth-order valence-corrected chi connectivity index (χ4v) is 5.28. The van der Waals surface area contributed by atoms with Crippen molar-refractivity contribution in [3.8, 4) is 0 Å². The normalized spacial score (nSPS) is 43.0. The van der Waals surface area contributed by atoms with Crippen molar-refractivity contribution in [1.29, 1.82) is 0 Å². The van der Waals surface area contributed by atoms with Crippen molar-refractivity contribution in [3.63, 3.8) is 0 Å². The van der Waals surface area contributed by atoms with Crippen LogP contribution in [-0.2, 0) is 4.79 Å². The largest absolute Gasteiger partial charge is 0.388 e. The lowest BCUT2D eigenvalue weighted by Gasteiger charge is -2.52. The number of aliphatic hydroxyl groups is 1. The third kappa shape index (κ3) is 1.91. The van der Waals surface area contributed by atoms with E-state index in [4.69, 9.17) is 0 Å². The van der Waals surface area contributed by atoms with Gasteiger partial charge in [0.1, 0.15) is 0 Å². The van der Waals surface area contributed by atoms with Gasteiger partial charge in [0.25, 0.3) is 0 Å². The van der Waals surface area contributed by atoms with E-state index in [2.05, 4.69) is 39.8 Å². The second-order valence-corrected chi connectivity index (χ2v) is 8.01. The molecule has 0 unspecified atom stereocenters. The average molecular weight is 288 g/mol. The van der Waals surface area contributed by atoms with Gasteiger partial charge in [0.2, 0.25) is 0 Å². The van der Waals surface area contributed by atoms with Crippen LogP contribution in [0.3, 0.4) is 0 Å². The molecule has 0 saturated heterocycles. The molecule has 3 aliphatic carbocycles. The fraction of sp³-hybridized carbons (Fsp3) is 0.737. The van der Waals surface area contributed by atoms with Gasteiger partial charge >= 0.3 is 0 Å². The Balaban J connectivity index is 2.18. The molecule has 3 rings (SSSR count). The lowest BCUT2D eigenvalue weighted by Crippen LogP contribution is -2.58. The molecule has 2 nitrogen and oxygen atoms in total. The number of carbonyl (C=O) groups is 1. The maximum Gasteiger partial charge on any atom is 0.160 e. The highest BCUT2D eigenvalue weighted by molar-refractivity contribution is 5.99. The zero-order valence-electron chi connectivity index (χ0n) is 13.8. The molecular formula is C19H28O2. The third-order valence-electron chi connectivity index (χ3n) is 6.45. The molecule has 2 saturated carbocycles. The Morgan fingerprint density at radius 2 is 2.10 bits per heavy atom. The minimum absolute atomic E-state index is 0.0962. The van der Waals surface area contributed by atoms with E-state index in [0.29, 0.717) is 12.3 Å². The van der Waals surface area contributed by atoms with Crippen molar-refractivity contribution >= 4 is 5.78 Å². The zero-order chi connectivity index (χ0) is 15.4. The molecule has 0 bridgehead atoms. The first-order valence-electron chi connectivity index (χ1n) is 8.43. The fourth-order valence-electron chi connectivity index (χ4n) is 5.28. The Morgan fingerprint density at radius 1 is 1.38 bits per heavy atom. The lowest BCUT2D eigenvalue weighted by atomic mass is 9.55. The first-order chi connectivity index (χ1) is 9.81. The maximum atomic E-state index is 12.8. The molecule has 0 aromatic carbocycles. The number of fused-ring (bicyclic) bond motifs is 3. The molecule has 0 aliphatic heterocycles. The Hall–Kier alpha value is -0.890. The zero-order valence-corrected chi connectivity index (χ0v) is 13.8. The van der Waals surface area contributed by atoms with Gasteiger partial charge in [-0.2, -0.15) is 0 Å². The van der Waals surface area contributed by atoms with Crippen LogP contribution >= 0.6 is 0 Å². The van der Waals surface area contributed by atoms with E-state index in [1.54, 1.807) is 0 Å². The van der Waals surface area contributed by atoms with Crippen molar-refractivity contribution in [2.24, 2.45) is 23.2 Å². The van der Waals surface area contributed by atoms with Crippen molar-refractivity contribution in [3.05, 3.63) is 23.3 Å². The summed E-state index contributed by atoms with van der Waals surface area (Å²) in [5, 5.41) is 11.8. The van der Waals surface area contributed by atoms with E-state index in [-0.39, 0.29) is 23.0 Å². The van der Waals surface area contributed by atoms with Gasteiger partial charge in [0.15, 0.2) is 5.78 Å². The number of carbonyl (C=O) groups excluding carboxylic acids is 1. The van der Waals surface area contributed by atoms with Gasteiger partial charge in [-0.15, -0.1) is 0 Å². The number of allylic oxidation sites excluding steroid dienone is 2. The molecule has 2 fully saturated rings.